The SMILES string of the molecule is COc1ccccc1Oc1ccc(C(F)(F)F)cc1NS(=O)(=O)c1ccc(C#N)cc1. The van der Waals surface area contributed by atoms with Gasteiger partial charge in [-0.15, -0.1) is 0 Å². The van der Waals surface area contributed by atoms with Crippen molar-refractivity contribution in [3.05, 3.63) is 77.9 Å². The molecule has 0 aliphatic carbocycles. The summed E-state index contributed by atoms with van der Waals surface area (Å²) in [5.74, 6) is 0.335. The summed E-state index contributed by atoms with van der Waals surface area (Å²) in [6.45, 7) is 0. The van der Waals surface area contributed by atoms with Gasteiger partial charge in [-0.1, -0.05) is 12.1 Å². The molecule has 0 fully saturated rings. The van der Waals surface area contributed by atoms with Crippen LogP contribution in [0, 0.1) is 11.3 Å². The van der Waals surface area contributed by atoms with Crippen LogP contribution in [0.5, 0.6) is 17.2 Å². The van der Waals surface area contributed by atoms with Gasteiger partial charge in [-0.3, -0.25) is 4.72 Å². The Bertz CT molecular complexity index is 1230. The van der Waals surface area contributed by atoms with Gasteiger partial charge in [0.25, 0.3) is 10.0 Å². The Kier molecular flexibility index (Phi) is 6.08. The molecule has 3 aromatic carbocycles. The van der Waals surface area contributed by atoms with E-state index in [-0.39, 0.29) is 22.0 Å². The Labute approximate surface area is 176 Å². The van der Waals surface area contributed by atoms with Crippen molar-refractivity contribution < 1.29 is 31.1 Å². The van der Waals surface area contributed by atoms with Gasteiger partial charge < -0.3 is 9.47 Å². The quantitative estimate of drug-likeness (QED) is 0.562. The van der Waals surface area contributed by atoms with Crippen molar-refractivity contribution in [2.24, 2.45) is 0 Å². The molecule has 31 heavy (non-hydrogen) atoms. The maximum absolute atomic E-state index is 13.2. The molecule has 0 atom stereocenters. The molecule has 0 spiro atoms. The van der Waals surface area contributed by atoms with Crippen LogP contribution in [-0.2, 0) is 16.2 Å². The van der Waals surface area contributed by atoms with Gasteiger partial charge in [0.15, 0.2) is 17.2 Å². The minimum Gasteiger partial charge on any atom is -0.493 e. The minimum atomic E-state index is -4.70. The number of alkyl halides is 3. The number of hydrogen-bond acceptors (Lipinski definition) is 5. The zero-order chi connectivity index (χ0) is 22.6. The number of hydrogen-bond donors (Lipinski definition) is 1. The van der Waals surface area contributed by atoms with Gasteiger partial charge in [0.2, 0.25) is 0 Å². The number of halogens is 3. The van der Waals surface area contributed by atoms with Crippen molar-refractivity contribution in [2.45, 2.75) is 11.1 Å². The molecule has 1 N–H and O–H groups in total. The van der Waals surface area contributed by atoms with E-state index >= 15 is 0 Å². The first-order chi connectivity index (χ1) is 14.6. The van der Waals surface area contributed by atoms with Gasteiger partial charge >= 0.3 is 6.18 Å². The molecule has 6 nitrogen and oxygen atoms in total. The van der Waals surface area contributed by atoms with Crippen LogP contribution in [0.15, 0.2) is 71.6 Å². The van der Waals surface area contributed by atoms with Crippen molar-refractivity contribution in [2.75, 3.05) is 11.8 Å². The van der Waals surface area contributed by atoms with E-state index < -0.39 is 27.5 Å². The summed E-state index contributed by atoms with van der Waals surface area (Å²) in [5, 5.41) is 8.84. The number of methoxy groups -OCH3 is 1. The number of nitrogens with zero attached hydrogens (tertiary/aromatic N) is 1. The second-order valence-corrected chi connectivity index (χ2v) is 7.89. The number of rotatable bonds is 6. The van der Waals surface area contributed by atoms with Crippen LogP contribution < -0.4 is 14.2 Å². The highest BCUT2D eigenvalue weighted by Gasteiger charge is 2.32. The van der Waals surface area contributed by atoms with E-state index in [9.17, 15) is 21.6 Å². The fourth-order valence-electron chi connectivity index (χ4n) is 2.61. The highest BCUT2D eigenvalue weighted by atomic mass is 32.2. The molecular formula is C21H15F3N2O4S. The lowest BCUT2D eigenvalue weighted by molar-refractivity contribution is -0.137. The summed E-state index contributed by atoms with van der Waals surface area (Å²) in [6, 6.07) is 15.6. The van der Waals surface area contributed by atoms with E-state index in [1.54, 1.807) is 18.2 Å². The van der Waals surface area contributed by atoms with Crippen molar-refractivity contribution in [3.8, 4) is 23.3 Å². The zero-order valence-corrected chi connectivity index (χ0v) is 16.8. The van der Waals surface area contributed by atoms with Gasteiger partial charge in [-0.2, -0.15) is 18.4 Å². The lowest BCUT2D eigenvalue weighted by atomic mass is 10.2. The standard InChI is InChI=1S/C21H15F3N2O4S/c1-29-19-4-2-3-5-20(19)30-18-11-8-15(21(22,23)24)12-17(18)26-31(27,28)16-9-6-14(13-25)7-10-16/h2-12,26H,1H3. The molecule has 0 aliphatic rings. The lowest BCUT2D eigenvalue weighted by Crippen LogP contribution is -2.15. The molecule has 0 aromatic heterocycles. The van der Waals surface area contributed by atoms with Gasteiger partial charge in [0.1, 0.15) is 0 Å². The molecule has 0 unspecified atom stereocenters. The Balaban J connectivity index is 2.04. The van der Waals surface area contributed by atoms with Crippen LogP contribution in [-0.4, -0.2) is 15.5 Å². The number of para-hydroxylation sites is 2. The minimum absolute atomic E-state index is 0.158. The topological polar surface area (TPSA) is 88.4 Å². The van der Waals surface area contributed by atoms with Gasteiger partial charge in [-0.25, -0.2) is 8.42 Å². The van der Waals surface area contributed by atoms with Crippen LogP contribution in [0.1, 0.15) is 11.1 Å². The number of benzene rings is 3. The summed E-state index contributed by atoms with van der Waals surface area (Å²) in [6.07, 6.45) is -4.70. The third-order valence-electron chi connectivity index (χ3n) is 4.13. The van der Waals surface area contributed by atoms with Crippen molar-refractivity contribution in [1.82, 2.24) is 0 Å². The monoisotopic (exact) mass is 448 g/mol. The summed E-state index contributed by atoms with van der Waals surface area (Å²) in [5.41, 5.74) is -1.24. The third-order valence-corrected chi connectivity index (χ3v) is 5.52. The van der Waals surface area contributed by atoms with Crippen LogP contribution in [0.2, 0.25) is 0 Å². The number of anilines is 1. The van der Waals surface area contributed by atoms with E-state index in [4.69, 9.17) is 14.7 Å². The predicted molar refractivity (Wildman–Crippen MR) is 106 cm³/mol. The molecule has 3 rings (SSSR count). The van der Waals surface area contributed by atoms with E-state index in [1.807, 2.05) is 6.07 Å². The van der Waals surface area contributed by atoms with Crippen molar-refractivity contribution in [1.29, 1.82) is 5.26 Å². The predicted octanol–water partition coefficient (Wildman–Crippen LogP) is 5.18. The van der Waals surface area contributed by atoms with E-state index in [0.717, 1.165) is 12.1 Å². The first-order valence-electron chi connectivity index (χ1n) is 8.69. The number of sulfonamides is 1. The second-order valence-electron chi connectivity index (χ2n) is 6.20. The third kappa shape index (κ3) is 5.07. The smallest absolute Gasteiger partial charge is 0.416 e. The van der Waals surface area contributed by atoms with Crippen LogP contribution in [0.25, 0.3) is 0 Å². The summed E-state index contributed by atoms with van der Waals surface area (Å²) >= 11 is 0. The maximum Gasteiger partial charge on any atom is 0.416 e. The molecule has 0 amide bonds. The number of nitriles is 1. The van der Waals surface area contributed by atoms with Crippen molar-refractivity contribution >= 4 is 15.7 Å². The van der Waals surface area contributed by atoms with E-state index in [0.29, 0.717) is 11.8 Å². The summed E-state index contributed by atoms with van der Waals surface area (Å²) < 4.78 is 78.1. The Morgan fingerprint density at radius 2 is 1.58 bits per heavy atom. The molecule has 0 bridgehead atoms. The Hall–Kier alpha value is -3.71. The van der Waals surface area contributed by atoms with Gasteiger partial charge in [0.05, 0.1) is 34.9 Å². The fraction of sp³-hybridized carbons (Fsp3) is 0.0952. The van der Waals surface area contributed by atoms with Gasteiger partial charge in [-0.05, 0) is 54.6 Å². The molecule has 0 saturated heterocycles. The summed E-state index contributed by atoms with van der Waals surface area (Å²) in [7, 11) is -2.88. The molecule has 160 valence electrons. The average molecular weight is 448 g/mol. The second kappa shape index (κ2) is 8.57. The molecule has 0 saturated carbocycles. The molecule has 10 heteroatoms. The normalized spacial score (nSPS) is 11.5. The average Bonchev–Trinajstić information content (AvgIpc) is 2.74. The van der Waals surface area contributed by atoms with Crippen LogP contribution in [0.3, 0.4) is 0 Å². The molecular weight excluding hydrogens is 433 g/mol. The van der Waals surface area contributed by atoms with Gasteiger partial charge in [0, 0.05) is 0 Å². The highest BCUT2D eigenvalue weighted by molar-refractivity contribution is 7.92. The molecule has 0 aliphatic heterocycles. The van der Waals surface area contributed by atoms with E-state index in [1.165, 1.54) is 37.4 Å². The van der Waals surface area contributed by atoms with E-state index in [2.05, 4.69) is 4.72 Å². The molecule has 0 radical (unpaired) electrons. The lowest BCUT2D eigenvalue weighted by Gasteiger charge is -2.17. The Morgan fingerprint density at radius 3 is 2.16 bits per heavy atom. The Morgan fingerprint density at radius 1 is 0.935 bits per heavy atom. The summed E-state index contributed by atoms with van der Waals surface area (Å²) in [4.78, 5) is -0.229. The van der Waals surface area contributed by atoms with Crippen LogP contribution in [0.4, 0.5) is 18.9 Å². The zero-order valence-electron chi connectivity index (χ0n) is 16.0. The first-order valence-corrected chi connectivity index (χ1v) is 10.2. The first kappa shape index (κ1) is 22.0. The number of nitrogens with one attached hydrogen (secondary N) is 1. The fourth-order valence-corrected chi connectivity index (χ4v) is 3.67. The molecule has 3 aromatic rings. The van der Waals surface area contributed by atoms with Crippen LogP contribution >= 0.6 is 0 Å². The largest absolute Gasteiger partial charge is 0.493 e. The van der Waals surface area contributed by atoms with Crippen molar-refractivity contribution in [3.63, 3.8) is 0 Å². The molecule has 0 heterocycles. The highest BCUT2D eigenvalue weighted by Crippen LogP contribution is 2.39. The number of ether oxygens (including phenoxy) is 2. The maximum atomic E-state index is 13.2.